The highest BCUT2D eigenvalue weighted by Gasteiger charge is 2.53. The van der Waals surface area contributed by atoms with Crippen LogP contribution in [0, 0.1) is 11.3 Å². The number of H-pyrrole nitrogens is 1. The number of halogens is 1. The first kappa shape index (κ1) is 29.7. The summed E-state index contributed by atoms with van der Waals surface area (Å²) in [6.45, 7) is 8.58. The highest BCUT2D eigenvalue weighted by Crippen LogP contribution is 2.41. The number of amides is 2. The van der Waals surface area contributed by atoms with Gasteiger partial charge in [-0.3, -0.25) is 14.5 Å². The van der Waals surface area contributed by atoms with Crippen molar-refractivity contribution in [2.75, 3.05) is 19.6 Å². The summed E-state index contributed by atoms with van der Waals surface area (Å²) < 4.78 is 14.5. The van der Waals surface area contributed by atoms with Crippen LogP contribution < -0.4 is 5.32 Å². The molecule has 2 heterocycles. The lowest BCUT2D eigenvalue weighted by Crippen LogP contribution is -2.56. The van der Waals surface area contributed by atoms with Crippen molar-refractivity contribution in [2.24, 2.45) is 11.3 Å². The standard InChI is InChI=1S/C32H46FN5O3/c1-31(2,3)27(36-30(41)32(33)14-15-32)29(40)38-21-25(39)17-26(38)28-34-18-24(35-28)20-37(19-23-12-13-23)16-8-7-11-22-9-5-4-6-10-22/h4-6,9-10,18,23,25-27,39H,7-8,11-17,19-21H2,1-3H3,(H,34,35)(H,36,41)/t25-,26+,27-/m1/s1. The lowest BCUT2D eigenvalue weighted by Gasteiger charge is -2.35. The first-order chi connectivity index (χ1) is 19.5. The maximum absolute atomic E-state index is 14.5. The van der Waals surface area contributed by atoms with Crippen LogP contribution in [0.4, 0.5) is 4.39 Å². The van der Waals surface area contributed by atoms with E-state index in [0.29, 0.717) is 12.2 Å². The average molecular weight is 568 g/mol. The largest absolute Gasteiger partial charge is 0.391 e. The van der Waals surface area contributed by atoms with Crippen LogP contribution in [-0.4, -0.2) is 74.1 Å². The molecule has 1 aromatic heterocycles. The number of β-amino-alcohol motifs (C(OH)–C–C–N with tert-alkyl or cyclic N) is 1. The Balaban J connectivity index is 1.22. The molecular formula is C32H46FN5O3. The fourth-order valence-corrected chi connectivity index (χ4v) is 5.81. The molecule has 224 valence electrons. The van der Waals surface area contributed by atoms with E-state index in [1.807, 2.05) is 27.0 Å². The molecule has 3 aliphatic rings. The Bertz CT molecular complexity index is 1190. The topological polar surface area (TPSA) is 102 Å². The predicted octanol–water partition coefficient (Wildman–Crippen LogP) is 4.31. The Labute approximate surface area is 243 Å². The number of unbranched alkanes of at least 4 members (excludes halogenated alkanes) is 1. The van der Waals surface area contributed by atoms with Crippen LogP contribution in [-0.2, 0) is 22.6 Å². The second-order valence-electron chi connectivity index (χ2n) is 13.5. The molecule has 0 radical (unpaired) electrons. The first-order valence-electron chi connectivity index (χ1n) is 15.3. The Morgan fingerprint density at radius 3 is 2.61 bits per heavy atom. The maximum atomic E-state index is 14.5. The number of benzene rings is 1. The molecule has 3 fully saturated rings. The molecule has 1 saturated heterocycles. The number of aromatic amines is 1. The number of alkyl halides is 1. The van der Waals surface area contributed by atoms with E-state index in [9.17, 15) is 19.1 Å². The van der Waals surface area contributed by atoms with Crippen LogP contribution in [0.1, 0.15) is 88.8 Å². The Morgan fingerprint density at radius 1 is 1.22 bits per heavy atom. The van der Waals surface area contributed by atoms with Gasteiger partial charge in [0, 0.05) is 37.9 Å². The fourth-order valence-electron chi connectivity index (χ4n) is 5.81. The number of aryl methyl sites for hydroxylation is 1. The number of hydrogen-bond acceptors (Lipinski definition) is 5. The molecule has 3 atom stereocenters. The van der Waals surface area contributed by atoms with Crippen molar-refractivity contribution in [1.82, 2.24) is 25.1 Å². The zero-order valence-corrected chi connectivity index (χ0v) is 24.7. The minimum atomic E-state index is -1.86. The number of nitrogens with zero attached hydrogens (tertiary/aromatic N) is 3. The summed E-state index contributed by atoms with van der Waals surface area (Å²) in [6.07, 6.45) is 7.83. The quantitative estimate of drug-likeness (QED) is 0.313. The third-order valence-electron chi connectivity index (χ3n) is 8.65. The lowest BCUT2D eigenvalue weighted by molar-refractivity contribution is -0.142. The number of carbonyl (C=O) groups excluding carboxylic acids is 2. The van der Waals surface area contributed by atoms with Gasteiger partial charge in [-0.2, -0.15) is 0 Å². The molecule has 9 heteroatoms. The number of carbonyl (C=O) groups is 2. The Kier molecular flexibility index (Phi) is 8.85. The van der Waals surface area contributed by atoms with Crippen molar-refractivity contribution in [3.05, 3.63) is 53.6 Å². The molecule has 0 bridgehead atoms. The highest BCUT2D eigenvalue weighted by molar-refractivity contribution is 5.93. The summed E-state index contributed by atoms with van der Waals surface area (Å²) in [7, 11) is 0. The van der Waals surface area contributed by atoms with Crippen LogP contribution in [0.5, 0.6) is 0 Å². The molecule has 2 aliphatic carbocycles. The van der Waals surface area contributed by atoms with E-state index in [0.717, 1.165) is 50.5 Å². The van der Waals surface area contributed by atoms with E-state index in [-0.39, 0.29) is 25.3 Å². The van der Waals surface area contributed by atoms with E-state index in [1.54, 1.807) is 4.90 Å². The normalized spacial score (nSPS) is 22.6. The molecule has 8 nitrogen and oxygen atoms in total. The van der Waals surface area contributed by atoms with Gasteiger partial charge in [-0.15, -0.1) is 0 Å². The molecule has 41 heavy (non-hydrogen) atoms. The molecule has 0 unspecified atom stereocenters. The van der Waals surface area contributed by atoms with E-state index < -0.39 is 35.2 Å². The number of likely N-dealkylation sites (tertiary alicyclic amines) is 1. The van der Waals surface area contributed by atoms with Gasteiger partial charge in [0.2, 0.25) is 5.91 Å². The molecule has 2 saturated carbocycles. The second-order valence-corrected chi connectivity index (χ2v) is 13.5. The molecule has 1 aromatic carbocycles. The molecule has 3 N–H and O–H groups in total. The SMILES string of the molecule is CC(C)(C)[C@H](NC(=O)C1(F)CC1)C(=O)N1C[C@H](O)C[C@H]1c1ncc(CN(CCCCc2ccccc2)CC2CC2)[nH]1. The Hall–Kier alpha value is -2.78. The molecule has 2 amide bonds. The minimum absolute atomic E-state index is 0.151. The molecule has 0 spiro atoms. The number of aromatic nitrogens is 2. The van der Waals surface area contributed by atoms with Gasteiger partial charge in [-0.1, -0.05) is 51.1 Å². The van der Waals surface area contributed by atoms with E-state index in [4.69, 9.17) is 0 Å². The number of rotatable bonds is 13. The van der Waals surface area contributed by atoms with Crippen molar-refractivity contribution in [3.8, 4) is 0 Å². The van der Waals surface area contributed by atoms with Gasteiger partial charge < -0.3 is 20.3 Å². The van der Waals surface area contributed by atoms with Gasteiger partial charge in [-0.25, -0.2) is 9.37 Å². The summed E-state index contributed by atoms with van der Waals surface area (Å²) in [5, 5.41) is 13.2. The number of aliphatic hydroxyl groups excluding tert-OH is 1. The summed E-state index contributed by atoms with van der Waals surface area (Å²) in [4.78, 5) is 38.5. The molecule has 2 aromatic rings. The van der Waals surface area contributed by atoms with Crippen LogP contribution in [0.3, 0.4) is 0 Å². The second kappa shape index (κ2) is 12.2. The lowest BCUT2D eigenvalue weighted by atomic mass is 9.85. The van der Waals surface area contributed by atoms with Crippen LogP contribution >= 0.6 is 0 Å². The molecular weight excluding hydrogens is 521 g/mol. The maximum Gasteiger partial charge on any atom is 0.258 e. The van der Waals surface area contributed by atoms with E-state index >= 15 is 0 Å². The van der Waals surface area contributed by atoms with Crippen LogP contribution in [0.2, 0.25) is 0 Å². The fraction of sp³-hybridized carbons (Fsp3) is 0.656. The smallest absolute Gasteiger partial charge is 0.258 e. The van der Waals surface area contributed by atoms with Gasteiger partial charge >= 0.3 is 0 Å². The first-order valence-corrected chi connectivity index (χ1v) is 15.3. The van der Waals surface area contributed by atoms with E-state index in [1.165, 1.54) is 18.4 Å². The zero-order valence-electron chi connectivity index (χ0n) is 24.7. The van der Waals surface area contributed by atoms with Crippen molar-refractivity contribution in [2.45, 2.75) is 103 Å². The van der Waals surface area contributed by atoms with Gasteiger partial charge in [0.25, 0.3) is 5.91 Å². The molecule has 5 rings (SSSR count). The minimum Gasteiger partial charge on any atom is -0.391 e. The van der Waals surface area contributed by atoms with Crippen molar-refractivity contribution < 1.29 is 19.1 Å². The van der Waals surface area contributed by atoms with Crippen molar-refractivity contribution in [3.63, 3.8) is 0 Å². The molecule has 1 aliphatic heterocycles. The number of imidazole rings is 1. The number of hydrogen-bond donors (Lipinski definition) is 3. The summed E-state index contributed by atoms with van der Waals surface area (Å²) in [6, 6.07) is 9.27. The van der Waals surface area contributed by atoms with Crippen molar-refractivity contribution in [1.29, 1.82) is 0 Å². The number of nitrogens with one attached hydrogen (secondary N) is 2. The van der Waals surface area contributed by atoms with Gasteiger partial charge in [-0.05, 0) is 68.4 Å². The third kappa shape index (κ3) is 7.74. The average Bonchev–Trinajstić information content (AvgIpc) is 3.81. The monoisotopic (exact) mass is 567 g/mol. The summed E-state index contributed by atoms with van der Waals surface area (Å²) >= 11 is 0. The number of aliphatic hydroxyl groups is 1. The zero-order chi connectivity index (χ0) is 29.2. The Morgan fingerprint density at radius 2 is 1.95 bits per heavy atom. The highest BCUT2D eigenvalue weighted by atomic mass is 19.1. The van der Waals surface area contributed by atoms with Gasteiger partial charge in [0.15, 0.2) is 5.67 Å². The van der Waals surface area contributed by atoms with Gasteiger partial charge in [0.1, 0.15) is 11.9 Å². The van der Waals surface area contributed by atoms with Crippen LogP contribution in [0.15, 0.2) is 36.5 Å². The van der Waals surface area contributed by atoms with Gasteiger partial charge in [0.05, 0.1) is 12.1 Å². The van der Waals surface area contributed by atoms with Crippen molar-refractivity contribution >= 4 is 11.8 Å². The van der Waals surface area contributed by atoms with E-state index in [2.05, 4.69) is 50.5 Å². The predicted molar refractivity (Wildman–Crippen MR) is 156 cm³/mol. The van der Waals surface area contributed by atoms with Crippen LogP contribution in [0.25, 0.3) is 0 Å². The third-order valence-corrected chi connectivity index (χ3v) is 8.65. The summed E-state index contributed by atoms with van der Waals surface area (Å²) in [5.41, 5.74) is -0.125. The summed E-state index contributed by atoms with van der Waals surface area (Å²) in [5.74, 6) is 0.377.